The molecule has 4 nitrogen and oxygen atoms in total. The lowest BCUT2D eigenvalue weighted by molar-refractivity contribution is -0.0568. The number of oxime groups is 1. The topological polar surface area (TPSA) is 41.9 Å². The number of piperidine rings is 1. The minimum atomic E-state index is -0.241. The van der Waals surface area contributed by atoms with Gasteiger partial charge in [-0.1, -0.05) is 53.2 Å². The first-order valence-electron chi connectivity index (χ1n) is 8.96. The van der Waals surface area contributed by atoms with Crippen LogP contribution in [0.2, 0.25) is 5.02 Å². The zero-order valence-corrected chi connectivity index (χ0v) is 15.3. The number of benzene rings is 2. The van der Waals surface area contributed by atoms with Gasteiger partial charge in [0.2, 0.25) is 0 Å². The Labute approximate surface area is 158 Å². The Morgan fingerprint density at radius 1 is 1.12 bits per heavy atom. The van der Waals surface area contributed by atoms with Crippen LogP contribution in [-0.4, -0.2) is 35.2 Å². The van der Waals surface area contributed by atoms with Crippen molar-refractivity contribution >= 4 is 23.2 Å². The molecule has 1 spiro atoms. The number of amides is 1. The van der Waals surface area contributed by atoms with Crippen molar-refractivity contribution in [1.29, 1.82) is 0 Å². The predicted molar refractivity (Wildman–Crippen MR) is 103 cm³/mol. The minimum Gasteiger partial charge on any atom is -0.389 e. The van der Waals surface area contributed by atoms with Crippen LogP contribution in [0.1, 0.15) is 35.2 Å². The SMILES string of the molecule is O=C(c1cccc(Cl)c1)N1CCC2(CC1)CC(Cc1ccccc1)=NO2. The highest BCUT2D eigenvalue weighted by molar-refractivity contribution is 6.30. The molecule has 5 heteroatoms. The highest BCUT2D eigenvalue weighted by Crippen LogP contribution is 2.35. The fraction of sp³-hybridized carbons (Fsp3) is 0.333. The molecule has 0 radical (unpaired) electrons. The molecule has 1 amide bonds. The second kappa shape index (κ2) is 7.12. The van der Waals surface area contributed by atoms with E-state index in [2.05, 4.69) is 17.3 Å². The van der Waals surface area contributed by atoms with Gasteiger partial charge in [-0.25, -0.2) is 0 Å². The molecule has 2 aliphatic rings. The summed E-state index contributed by atoms with van der Waals surface area (Å²) in [6.45, 7) is 1.36. The summed E-state index contributed by atoms with van der Waals surface area (Å²) in [6, 6.07) is 17.5. The standard InChI is InChI=1S/C21H21ClN2O2/c22-18-8-4-7-17(14-18)20(25)24-11-9-21(10-12-24)15-19(23-26-21)13-16-5-2-1-3-6-16/h1-8,14H,9-13,15H2. The lowest BCUT2D eigenvalue weighted by atomic mass is 9.85. The first-order chi connectivity index (χ1) is 12.6. The van der Waals surface area contributed by atoms with Crippen LogP contribution in [0.25, 0.3) is 0 Å². The van der Waals surface area contributed by atoms with Gasteiger partial charge in [0.15, 0.2) is 0 Å². The van der Waals surface area contributed by atoms with Crippen molar-refractivity contribution in [3.8, 4) is 0 Å². The molecule has 26 heavy (non-hydrogen) atoms. The van der Waals surface area contributed by atoms with E-state index in [0.29, 0.717) is 23.7 Å². The fourth-order valence-corrected chi connectivity index (χ4v) is 3.90. The molecule has 0 saturated carbocycles. The van der Waals surface area contributed by atoms with Crippen molar-refractivity contribution in [2.24, 2.45) is 5.16 Å². The number of halogens is 1. The van der Waals surface area contributed by atoms with Crippen molar-refractivity contribution < 1.29 is 9.63 Å². The number of nitrogens with zero attached hydrogens (tertiary/aromatic N) is 2. The second-order valence-electron chi connectivity index (χ2n) is 7.07. The summed E-state index contributed by atoms with van der Waals surface area (Å²) in [7, 11) is 0. The molecule has 134 valence electrons. The quantitative estimate of drug-likeness (QED) is 0.809. The largest absolute Gasteiger partial charge is 0.389 e. The summed E-state index contributed by atoms with van der Waals surface area (Å²) in [6.07, 6.45) is 3.29. The molecule has 0 N–H and O–H groups in total. The van der Waals surface area contributed by atoms with Gasteiger partial charge in [0.05, 0.1) is 5.71 Å². The Morgan fingerprint density at radius 2 is 1.88 bits per heavy atom. The van der Waals surface area contributed by atoms with Crippen LogP contribution in [-0.2, 0) is 11.3 Å². The fourth-order valence-electron chi connectivity index (χ4n) is 3.71. The van der Waals surface area contributed by atoms with Gasteiger partial charge in [-0.05, 0) is 23.8 Å². The maximum atomic E-state index is 12.7. The molecule has 2 aliphatic heterocycles. The summed E-state index contributed by atoms with van der Waals surface area (Å²) in [4.78, 5) is 20.4. The van der Waals surface area contributed by atoms with E-state index in [1.54, 1.807) is 12.1 Å². The van der Waals surface area contributed by atoms with E-state index < -0.39 is 0 Å². The van der Waals surface area contributed by atoms with Crippen molar-refractivity contribution in [2.75, 3.05) is 13.1 Å². The Bertz CT molecular complexity index is 827. The van der Waals surface area contributed by atoms with Crippen LogP contribution in [0.5, 0.6) is 0 Å². The van der Waals surface area contributed by atoms with Gasteiger partial charge in [0.1, 0.15) is 5.60 Å². The third kappa shape index (κ3) is 3.61. The lowest BCUT2D eigenvalue weighted by Crippen LogP contribution is -2.46. The van der Waals surface area contributed by atoms with Crippen LogP contribution in [0.15, 0.2) is 59.8 Å². The Kier molecular flexibility index (Phi) is 4.68. The predicted octanol–water partition coefficient (Wildman–Crippen LogP) is 4.33. The number of carbonyl (C=O) groups is 1. The van der Waals surface area contributed by atoms with Gasteiger partial charge >= 0.3 is 0 Å². The van der Waals surface area contributed by atoms with Crippen LogP contribution in [0.4, 0.5) is 0 Å². The van der Waals surface area contributed by atoms with Gasteiger partial charge < -0.3 is 9.74 Å². The number of hydrogen-bond donors (Lipinski definition) is 0. The third-order valence-corrected chi connectivity index (χ3v) is 5.41. The summed E-state index contributed by atoms with van der Waals surface area (Å²) in [5.74, 6) is 0.0331. The molecule has 4 rings (SSSR count). The van der Waals surface area contributed by atoms with Gasteiger partial charge in [-0.2, -0.15) is 0 Å². The average Bonchev–Trinajstić information content (AvgIpc) is 3.05. The van der Waals surface area contributed by atoms with Crippen LogP contribution in [0, 0.1) is 0 Å². The lowest BCUT2D eigenvalue weighted by Gasteiger charge is -2.37. The van der Waals surface area contributed by atoms with Gasteiger partial charge in [0, 0.05) is 49.4 Å². The van der Waals surface area contributed by atoms with Crippen LogP contribution < -0.4 is 0 Å². The Balaban J connectivity index is 1.35. The van der Waals surface area contributed by atoms with E-state index in [-0.39, 0.29) is 11.5 Å². The molecular weight excluding hydrogens is 348 g/mol. The second-order valence-corrected chi connectivity index (χ2v) is 7.51. The Hall–Kier alpha value is -2.33. The summed E-state index contributed by atoms with van der Waals surface area (Å²) >= 11 is 6.00. The molecule has 0 bridgehead atoms. The van der Waals surface area contributed by atoms with E-state index in [0.717, 1.165) is 31.4 Å². The molecule has 0 aromatic heterocycles. The molecule has 0 atom stereocenters. The number of carbonyl (C=O) groups excluding carboxylic acids is 1. The van der Waals surface area contributed by atoms with E-state index in [9.17, 15) is 4.79 Å². The molecule has 0 unspecified atom stereocenters. The first kappa shape index (κ1) is 17.1. The van der Waals surface area contributed by atoms with Crippen LogP contribution in [0.3, 0.4) is 0 Å². The molecular formula is C21H21ClN2O2. The average molecular weight is 369 g/mol. The monoisotopic (exact) mass is 368 g/mol. The van der Waals surface area contributed by atoms with Crippen molar-refractivity contribution in [1.82, 2.24) is 4.90 Å². The maximum Gasteiger partial charge on any atom is 0.253 e. The highest BCUT2D eigenvalue weighted by atomic mass is 35.5. The summed E-state index contributed by atoms with van der Waals surface area (Å²) in [5.41, 5.74) is 2.74. The third-order valence-electron chi connectivity index (χ3n) is 5.18. The van der Waals surface area contributed by atoms with Gasteiger partial charge in [-0.3, -0.25) is 4.79 Å². The molecule has 1 fully saturated rings. The van der Waals surface area contributed by atoms with Gasteiger partial charge in [0.25, 0.3) is 5.91 Å². The van der Waals surface area contributed by atoms with E-state index in [1.165, 1.54) is 5.56 Å². The number of hydrogen-bond acceptors (Lipinski definition) is 3. The molecule has 2 heterocycles. The smallest absolute Gasteiger partial charge is 0.253 e. The first-order valence-corrected chi connectivity index (χ1v) is 9.34. The highest BCUT2D eigenvalue weighted by Gasteiger charge is 2.42. The summed E-state index contributed by atoms with van der Waals surface area (Å²) in [5, 5.41) is 4.93. The summed E-state index contributed by atoms with van der Waals surface area (Å²) < 4.78 is 0. The maximum absolute atomic E-state index is 12.7. The molecule has 2 aromatic carbocycles. The van der Waals surface area contributed by atoms with E-state index in [4.69, 9.17) is 16.4 Å². The molecule has 0 aliphatic carbocycles. The van der Waals surface area contributed by atoms with Crippen molar-refractivity contribution in [3.63, 3.8) is 0 Å². The van der Waals surface area contributed by atoms with E-state index >= 15 is 0 Å². The normalized spacial score (nSPS) is 18.5. The van der Waals surface area contributed by atoms with Crippen molar-refractivity contribution in [2.45, 2.75) is 31.3 Å². The molecule has 1 saturated heterocycles. The van der Waals surface area contributed by atoms with Crippen molar-refractivity contribution in [3.05, 3.63) is 70.7 Å². The Morgan fingerprint density at radius 3 is 2.62 bits per heavy atom. The van der Waals surface area contributed by atoms with Crippen LogP contribution >= 0.6 is 11.6 Å². The minimum absolute atomic E-state index is 0.0331. The zero-order chi connectivity index (χ0) is 18.0. The van der Waals surface area contributed by atoms with Gasteiger partial charge in [-0.15, -0.1) is 0 Å². The molecule has 2 aromatic rings. The number of likely N-dealkylation sites (tertiary alicyclic amines) is 1. The number of rotatable bonds is 3. The zero-order valence-electron chi connectivity index (χ0n) is 14.5. The van der Waals surface area contributed by atoms with E-state index in [1.807, 2.05) is 35.2 Å².